The number of aliphatic hydroxyl groups excluding tert-OH is 1. The van der Waals surface area contributed by atoms with E-state index in [4.69, 9.17) is 5.11 Å². The van der Waals surface area contributed by atoms with E-state index in [1.807, 2.05) is 0 Å². The van der Waals surface area contributed by atoms with E-state index >= 15 is 0 Å². The highest BCUT2D eigenvalue weighted by Gasteiger charge is 2.28. The summed E-state index contributed by atoms with van der Waals surface area (Å²) in [7, 11) is -6.11. The second-order valence-electron chi connectivity index (χ2n) is 6.54. The Kier molecular flexibility index (Phi) is 6.92. The maximum atomic E-state index is 12.7. The summed E-state index contributed by atoms with van der Waals surface area (Å²) in [5, 5.41) is 20.8. The Balaban J connectivity index is 2.02. The van der Waals surface area contributed by atoms with Crippen LogP contribution in [0.25, 0.3) is 0 Å². The minimum Gasteiger partial charge on any atom is -0.465 e. The summed E-state index contributed by atoms with van der Waals surface area (Å²) in [5.74, 6) is 0.293. The summed E-state index contributed by atoms with van der Waals surface area (Å²) in [4.78, 5) is 10.5. The number of hydrogen-bond acceptors (Lipinski definition) is 6. The molecule has 0 spiro atoms. The van der Waals surface area contributed by atoms with Crippen LogP contribution in [0.3, 0.4) is 0 Å². The van der Waals surface area contributed by atoms with E-state index in [0.29, 0.717) is 18.4 Å². The van der Waals surface area contributed by atoms with Gasteiger partial charge < -0.3 is 15.5 Å². The number of hydrogen-bond donors (Lipinski definition) is 5. The molecule has 1 aromatic carbocycles. The predicted octanol–water partition coefficient (Wildman–Crippen LogP) is 2.31. The van der Waals surface area contributed by atoms with Crippen molar-refractivity contribution in [2.45, 2.75) is 30.3 Å². The second-order valence-corrected chi connectivity index (χ2v) is 11.0. The van der Waals surface area contributed by atoms with Crippen molar-refractivity contribution >= 4 is 26.5 Å². The van der Waals surface area contributed by atoms with Crippen molar-refractivity contribution < 1.29 is 32.5 Å². The minimum absolute atomic E-state index is 0.0575. The van der Waals surface area contributed by atoms with Crippen LogP contribution in [0, 0.1) is 5.92 Å². The number of amides is 1. The average Bonchev–Trinajstić information content (AvgIpc) is 2.56. The number of nitrogens with one attached hydrogen (secondary N) is 1. The molecule has 0 saturated carbocycles. The topological polar surface area (TPSA) is 144 Å². The molecule has 0 aliphatic carbocycles. The molecule has 1 aliphatic heterocycles. The molecule has 1 atom stereocenters. The van der Waals surface area contributed by atoms with E-state index in [1.165, 1.54) is 12.1 Å². The van der Waals surface area contributed by atoms with Gasteiger partial charge in [-0.1, -0.05) is 12.1 Å². The molecule has 148 valence electrons. The highest BCUT2D eigenvalue weighted by atomic mass is 32.3. The minimum atomic E-state index is -3.56. The number of aliphatic hydroxyl groups is 1. The quantitative estimate of drug-likeness (QED) is 0.466. The van der Waals surface area contributed by atoms with E-state index in [-0.39, 0.29) is 41.0 Å². The molecular weight excluding hydrogens is 382 g/mol. The first kappa shape index (κ1) is 21.0. The van der Waals surface area contributed by atoms with Gasteiger partial charge in [-0.3, -0.25) is 9.11 Å². The first-order valence-corrected chi connectivity index (χ1v) is 11.8. The van der Waals surface area contributed by atoms with Gasteiger partial charge in [-0.2, -0.15) is 10.6 Å². The van der Waals surface area contributed by atoms with Crippen molar-refractivity contribution in [3.8, 4) is 0 Å². The molecule has 1 amide bonds. The van der Waals surface area contributed by atoms with Crippen LogP contribution in [0.4, 0.5) is 4.79 Å². The van der Waals surface area contributed by atoms with Gasteiger partial charge >= 0.3 is 6.09 Å². The fraction of sp³-hybridized carbons (Fsp3) is 0.562. The van der Waals surface area contributed by atoms with Crippen LogP contribution in [0.1, 0.15) is 30.9 Å². The van der Waals surface area contributed by atoms with Crippen LogP contribution >= 0.6 is 10.6 Å². The SMILES string of the molecule is O=C(O)NCCC(O)c1cccc(S(=O)(=O)CC2CCS(O)(O)CC2)c1. The lowest BCUT2D eigenvalue weighted by Gasteiger charge is -2.39. The van der Waals surface area contributed by atoms with Crippen LogP contribution < -0.4 is 5.32 Å². The smallest absolute Gasteiger partial charge is 0.404 e. The standard InChI is InChI=1S/C16H25NO7S2/c18-15(4-7-17-16(19)20)13-2-1-3-14(10-13)26(23,24)11-12-5-8-25(21,22)9-6-12/h1-3,10,12,15,17-18,21-22H,4-9,11H2,(H,19,20). The molecule has 8 nitrogen and oxygen atoms in total. The van der Waals surface area contributed by atoms with E-state index in [1.54, 1.807) is 12.1 Å². The molecule has 1 unspecified atom stereocenters. The summed E-state index contributed by atoms with van der Waals surface area (Å²) in [6, 6.07) is 6.03. The fourth-order valence-corrected chi connectivity index (χ4v) is 6.30. The normalized spacial score (nSPS) is 20.3. The van der Waals surface area contributed by atoms with Crippen molar-refractivity contribution in [2.24, 2.45) is 5.92 Å². The maximum absolute atomic E-state index is 12.7. The Morgan fingerprint density at radius 1 is 1.27 bits per heavy atom. The van der Waals surface area contributed by atoms with E-state index in [0.717, 1.165) is 0 Å². The lowest BCUT2D eigenvalue weighted by molar-refractivity contribution is 0.162. The molecule has 1 heterocycles. The predicted molar refractivity (Wildman–Crippen MR) is 99.4 cm³/mol. The van der Waals surface area contributed by atoms with Gasteiger partial charge in [0.2, 0.25) is 0 Å². The van der Waals surface area contributed by atoms with Gasteiger partial charge in [0.05, 0.1) is 16.8 Å². The Bertz CT molecular complexity index is 726. The maximum Gasteiger partial charge on any atom is 0.404 e. The summed E-state index contributed by atoms with van der Waals surface area (Å²) in [5.41, 5.74) is 0.413. The van der Waals surface area contributed by atoms with Gasteiger partial charge in [0.1, 0.15) is 0 Å². The van der Waals surface area contributed by atoms with Crippen LogP contribution in [0.2, 0.25) is 0 Å². The molecule has 26 heavy (non-hydrogen) atoms. The highest BCUT2D eigenvalue weighted by molar-refractivity contribution is 8.24. The Morgan fingerprint density at radius 2 is 1.92 bits per heavy atom. The Hall–Kier alpha value is -1.33. The fourth-order valence-electron chi connectivity index (χ4n) is 2.93. The van der Waals surface area contributed by atoms with Crippen LogP contribution in [-0.2, 0) is 9.84 Å². The molecule has 1 aliphatic rings. The molecule has 2 rings (SSSR count). The third kappa shape index (κ3) is 6.13. The second kappa shape index (κ2) is 8.57. The van der Waals surface area contributed by atoms with Crippen molar-refractivity contribution in [3.05, 3.63) is 29.8 Å². The van der Waals surface area contributed by atoms with Crippen molar-refractivity contribution in [1.29, 1.82) is 0 Å². The van der Waals surface area contributed by atoms with Gasteiger partial charge in [-0.25, -0.2) is 13.2 Å². The monoisotopic (exact) mass is 407 g/mol. The van der Waals surface area contributed by atoms with E-state index in [2.05, 4.69) is 5.32 Å². The summed E-state index contributed by atoms with van der Waals surface area (Å²) in [6.07, 6.45) is -1.09. The summed E-state index contributed by atoms with van der Waals surface area (Å²) in [6.45, 7) is 0.0575. The van der Waals surface area contributed by atoms with Crippen molar-refractivity contribution in [1.82, 2.24) is 5.32 Å². The number of sulfone groups is 1. The van der Waals surface area contributed by atoms with Gasteiger partial charge in [0.25, 0.3) is 0 Å². The van der Waals surface area contributed by atoms with Crippen molar-refractivity contribution in [2.75, 3.05) is 23.8 Å². The lowest BCUT2D eigenvalue weighted by Crippen LogP contribution is -2.26. The van der Waals surface area contributed by atoms with Gasteiger partial charge in [0, 0.05) is 18.1 Å². The van der Waals surface area contributed by atoms with E-state index < -0.39 is 32.6 Å². The largest absolute Gasteiger partial charge is 0.465 e. The van der Waals surface area contributed by atoms with E-state index in [9.17, 15) is 27.4 Å². The number of carboxylic acid groups (broad SMARTS) is 1. The number of benzene rings is 1. The zero-order valence-electron chi connectivity index (χ0n) is 14.2. The summed E-state index contributed by atoms with van der Waals surface area (Å²) >= 11 is 0. The average molecular weight is 408 g/mol. The molecule has 1 aromatic rings. The first-order chi connectivity index (χ1) is 12.1. The van der Waals surface area contributed by atoms with Crippen LogP contribution in [0.15, 0.2) is 29.2 Å². The molecular formula is C16H25NO7S2. The van der Waals surface area contributed by atoms with Crippen LogP contribution in [0.5, 0.6) is 0 Å². The molecule has 10 heteroatoms. The molecule has 1 fully saturated rings. The third-order valence-corrected chi connectivity index (χ3v) is 8.12. The summed E-state index contributed by atoms with van der Waals surface area (Å²) < 4.78 is 44.6. The molecule has 1 saturated heterocycles. The Labute approximate surface area is 154 Å². The zero-order chi connectivity index (χ0) is 19.4. The van der Waals surface area contributed by atoms with Crippen LogP contribution in [-0.4, -0.2) is 57.6 Å². The third-order valence-electron chi connectivity index (χ3n) is 4.46. The Morgan fingerprint density at radius 3 is 2.54 bits per heavy atom. The lowest BCUT2D eigenvalue weighted by atomic mass is 10.1. The molecule has 0 radical (unpaired) electrons. The van der Waals surface area contributed by atoms with Gasteiger partial charge in [0.15, 0.2) is 9.84 Å². The zero-order valence-corrected chi connectivity index (χ0v) is 15.9. The first-order valence-electron chi connectivity index (χ1n) is 8.30. The van der Waals surface area contributed by atoms with Crippen molar-refractivity contribution in [3.63, 3.8) is 0 Å². The number of rotatable bonds is 7. The molecule has 5 N–H and O–H groups in total. The van der Waals surface area contributed by atoms with Gasteiger partial charge in [-0.05, 0) is 42.9 Å². The molecule has 0 aromatic heterocycles. The highest BCUT2D eigenvalue weighted by Crippen LogP contribution is 2.46. The number of carbonyl (C=O) groups is 1. The van der Waals surface area contributed by atoms with Gasteiger partial charge in [-0.15, -0.1) is 0 Å². The molecule has 0 bridgehead atoms.